The number of carbonyl (C=O) groups is 2. The second kappa shape index (κ2) is 7.97. The second-order valence-corrected chi connectivity index (χ2v) is 6.47. The van der Waals surface area contributed by atoms with Crippen molar-refractivity contribution in [3.05, 3.63) is 65.2 Å². The van der Waals surface area contributed by atoms with Crippen LogP contribution in [0, 0.1) is 0 Å². The third kappa shape index (κ3) is 4.27. The van der Waals surface area contributed by atoms with Crippen molar-refractivity contribution in [1.29, 1.82) is 0 Å². The predicted octanol–water partition coefficient (Wildman–Crippen LogP) is 4.48. The molecule has 1 aliphatic carbocycles. The first-order valence-electron chi connectivity index (χ1n) is 8.73. The van der Waals surface area contributed by atoms with Crippen LogP contribution in [0.5, 0.6) is 5.75 Å². The summed E-state index contributed by atoms with van der Waals surface area (Å²) < 4.78 is 5.02. The van der Waals surface area contributed by atoms with Gasteiger partial charge in [-0.3, -0.25) is 4.79 Å². The maximum Gasteiger partial charge on any atom is 0.342 e. The Bertz CT molecular complexity index is 743. The largest absolute Gasteiger partial charge is 0.507 e. The summed E-state index contributed by atoms with van der Waals surface area (Å²) in [6.07, 6.45) is 6.29. The number of Topliss-reactive ketones (excluding diaryl/α,β-unsaturated/α-hetero) is 1. The maximum atomic E-state index is 12.2. The number of aromatic hydroxyl groups is 1. The van der Waals surface area contributed by atoms with Crippen LogP contribution < -0.4 is 0 Å². The quantitative estimate of drug-likeness (QED) is 0.645. The van der Waals surface area contributed by atoms with Gasteiger partial charge >= 0.3 is 5.97 Å². The molecule has 3 rings (SSSR count). The highest BCUT2D eigenvalue weighted by Gasteiger charge is 2.17. The Morgan fingerprint density at radius 1 is 0.960 bits per heavy atom. The first-order valence-corrected chi connectivity index (χ1v) is 8.73. The molecular weight excluding hydrogens is 316 g/mol. The third-order valence-corrected chi connectivity index (χ3v) is 4.77. The van der Waals surface area contributed by atoms with Crippen LogP contribution in [0.1, 0.15) is 64.3 Å². The smallest absolute Gasteiger partial charge is 0.342 e. The van der Waals surface area contributed by atoms with E-state index >= 15 is 0 Å². The summed E-state index contributed by atoms with van der Waals surface area (Å²) in [7, 11) is 0. The van der Waals surface area contributed by atoms with Crippen LogP contribution in [0.25, 0.3) is 0 Å². The summed E-state index contributed by atoms with van der Waals surface area (Å²) in [4.78, 5) is 24.1. The molecule has 0 atom stereocenters. The molecule has 2 aromatic carbocycles. The first-order chi connectivity index (χ1) is 12.1. The molecule has 0 heterocycles. The highest BCUT2D eigenvalue weighted by molar-refractivity contribution is 5.99. The monoisotopic (exact) mass is 338 g/mol. The molecule has 4 nitrogen and oxygen atoms in total. The van der Waals surface area contributed by atoms with Gasteiger partial charge < -0.3 is 9.84 Å². The van der Waals surface area contributed by atoms with Crippen molar-refractivity contribution in [3.8, 4) is 5.75 Å². The van der Waals surface area contributed by atoms with Gasteiger partial charge in [0.15, 0.2) is 12.4 Å². The fraction of sp³-hybridized carbons (Fsp3) is 0.333. The van der Waals surface area contributed by atoms with Gasteiger partial charge in [-0.05, 0) is 36.5 Å². The van der Waals surface area contributed by atoms with Crippen molar-refractivity contribution in [3.63, 3.8) is 0 Å². The van der Waals surface area contributed by atoms with Crippen molar-refractivity contribution < 1.29 is 19.4 Å². The number of ketones is 1. The summed E-state index contributed by atoms with van der Waals surface area (Å²) in [5.74, 6) is -0.516. The molecule has 0 amide bonds. The summed E-state index contributed by atoms with van der Waals surface area (Å²) >= 11 is 0. The number of benzene rings is 2. The summed E-state index contributed by atoms with van der Waals surface area (Å²) in [5, 5.41) is 9.63. The fourth-order valence-corrected chi connectivity index (χ4v) is 3.32. The van der Waals surface area contributed by atoms with Gasteiger partial charge in [0, 0.05) is 5.56 Å². The molecule has 0 aliphatic heterocycles. The third-order valence-electron chi connectivity index (χ3n) is 4.77. The molecule has 1 aliphatic rings. The Morgan fingerprint density at radius 2 is 1.64 bits per heavy atom. The summed E-state index contributed by atoms with van der Waals surface area (Å²) in [5.41, 5.74) is 1.87. The predicted molar refractivity (Wildman–Crippen MR) is 95.0 cm³/mol. The van der Waals surface area contributed by atoms with Gasteiger partial charge in [-0.1, -0.05) is 55.7 Å². The van der Waals surface area contributed by atoms with Crippen LogP contribution in [-0.4, -0.2) is 23.5 Å². The Hall–Kier alpha value is -2.62. The van der Waals surface area contributed by atoms with E-state index < -0.39 is 5.97 Å². The van der Waals surface area contributed by atoms with E-state index in [1.807, 2.05) is 12.1 Å². The van der Waals surface area contributed by atoms with E-state index in [2.05, 4.69) is 0 Å². The van der Waals surface area contributed by atoms with E-state index in [-0.39, 0.29) is 23.7 Å². The maximum absolute atomic E-state index is 12.2. The number of phenolic OH excluding ortho intramolecular Hbond substituents is 1. The van der Waals surface area contributed by atoms with E-state index in [1.54, 1.807) is 24.3 Å². The van der Waals surface area contributed by atoms with E-state index in [0.29, 0.717) is 11.5 Å². The van der Waals surface area contributed by atoms with Crippen molar-refractivity contribution >= 4 is 11.8 Å². The molecular formula is C21H22O4. The number of esters is 1. The van der Waals surface area contributed by atoms with E-state index in [9.17, 15) is 14.7 Å². The molecule has 0 unspecified atom stereocenters. The number of rotatable bonds is 5. The Labute approximate surface area is 147 Å². The van der Waals surface area contributed by atoms with Gasteiger partial charge in [-0.25, -0.2) is 4.79 Å². The molecule has 0 bridgehead atoms. The standard InChI is InChI=1S/C21H22O4/c22-19-9-5-4-8-18(19)21(24)25-14-20(23)17-12-10-16(11-13-17)15-6-2-1-3-7-15/h4-5,8-13,15,22H,1-3,6-7,14H2. The zero-order valence-electron chi connectivity index (χ0n) is 14.1. The minimum atomic E-state index is -0.703. The van der Waals surface area contributed by atoms with E-state index in [0.717, 1.165) is 0 Å². The number of hydrogen-bond donors (Lipinski definition) is 1. The van der Waals surface area contributed by atoms with Crippen molar-refractivity contribution in [2.24, 2.45) is 0 Å². The molecule has 1 fully saturated rings. The molecule has 0 radical (unpaired) electrons. The number of carbonyl (C=O) groups excluding carboxylic acids is 2. The van der Waals surface area contributed by atoms with Crippen molar-refractivity contribution in [2.45, 2.75) is 38.0 Å². The highest BCUT2D eigenvalue weighted by Crippen LogP contribution is 2.32. The van der Waals surface area contributed by atoms with Gasteiger partial charge in [-0.2, -0.15) is 0 Å². The lowest BCUT2D eigenvalue weighted by Crippen LogP contribution is -2.14. The summed E-state index contributed by atoms with van der Waals surface area (Å²) in [6.45, 7) is -0.337. The van der Waals surface area contributed by atoms with Crippen LogP contribution >= 0.6 is 0 Å². The lowest BCUT2D eigenvalue weighted by atomic mass is 9.84. The highest BCUT2D eigenvalue weighted by atomic mass is 16.5. The average molecular weight is 338 g/mol. The topological polar surface area (TPSA) is 63.6 Å². The summed E-state index contributed by atoms with van der Waals surface area (Å²) in [6, 6.07) is 13.7. The molecule has 1 saturated carbocycles. The van der Waals surface area contributed by atoms with Gasteiger partial charge in [-0.15, -0.1) is 0 Å². The lowest BCUT2D eigenvalue weighted by molar-refractivity contribution is 0.0472. The number of hydrogen-bond acceptors (Lipinski definition) is 4. The molecule has 0 saturated heterocycles. The molecule has 25 heavy (non-hydrogen) atoms. The first kappa shape index (κ1) is 17.2. The van der Waals surface area contributed by atoms with Crippen LogP contribution in [-0.2, 0) is 4.74 Å². The number of para-hydroxylation sites is 1. The molecule has 0 aromatic heterocycles. The van der Waals surface area contributed by atoms with Crippen LogP contribution in [0.4, 0.5) is 0 Å². The van der Waals surface area contributed by atoms with E-state index in [4.69, 9.17) is 4.74 Å². The minimum Gasteiger partial charge on any atom is -0.507 e. The van der Waals surface area contributed by atoms with Gasteiger partial charge in [0.05, 0.1) is 0 Å². The minimum absolute atomic E-state index is 0.0583. The van der Waals surface area contributed by atoms with E-state index in [1.165, 1.54) is 49.8 Å². The molecule has 130 valence electrons. The molecule has 4 heteroatoms. The zero-order valence-corrected chi connectivity index (χ0v) is 14.1. The lowest BCUT2D eigenvalue weighted by Gasteiger charge is -2.22. The van der Waals surface area contributed by atoms with Crippen LogP contribution in [0.15, 0.2) is 48.5 Å². The normalized spacial score (nSPS) is 14.9. The molecule has 1 N–H and O–H groups in total. The van der Waals surface area contributed by atoms with Crippen molar-refractivity contribution in [1.82, 2.24) is 0 Å². The Morgan fingerprint density at radius 3 is 2.32 bits per heavy atom. The second-order valence-electron chi connectivity index (χ2n) is 6.47. The van der Waals surface area contributed by atoms with Gasteiger partial charge in [0.25, 0.3) is 0 Å². The number of phenols is 1. The fourth-order valence-electron chi connectivity index (χ4n) is 3.32. The van der Waals surface area contributed by atoms with Gasteiger partial charge in [0.2, 0.25) is 0 Å². The number of ether oxygens (including phenoxy) is 1. The Kier molecular flexibility index (Phi) is 5.49. The van der Waals surface area contributed by atoms with Gasteiger partial charge in [0.1, 0.15) is 11.3 Å². The van der Waals surface area contributed by atoms with Crippen LogP contribution in [0.3, 0.4) is 0 Å². The zero-order chi connectivity index (χ0) is 17.6. The Balaban J connectivity index is 1.58. The van der Waals surface area contributed by atoms with Crippen molar-refractivity contribution in [2.75, 3.05) is 6.61 Å². The van der Waals surface area contributed by atoms with Crippen LogP contribution in [0.2, 0.25) is 0 Å². The SMILES string of the molecule is O=C(COC(=O)c1ccccc1O)c1ccc(C2CCCCC2)cc1. The average Bonchev–Trinajstić information content (AvgIpc) is 2.67. The molecule has 2 aromatic rings. The molecule has 0 spiro atoms.